The minimum atomic E-state index is -1.80. The number of fused-ring (bicyclic) bond motifs is 6. The van der Waals surface area contributed by atoms with Crippen molar-refractivity contribution in [2.24, 2.45) is 28.6 Å². The van der Waals surface area contributed by atoms with E-state index in [-0.39, 0.29) is 41.6 Å². The summed E-state index contributed by atoms with van der Waals surface area (Å²) in [6, 6.07) is 6.74. The molecular formula is C28H32N2O6. The molecule has 0 aliphatic heterocycles. The number of rotatable bonds is 3. The Morgan fingerprint density at radius 1 is 1.17 bits per heavy atom. The molecule has 0 unspecified atom stereocenters. The molecular weight excluding hydrogens is 460 g/mol. The number of hydrogen-bond donors (Lipinski definition) is 4. The van der Waals surface area contributed by atoms with E-state index >= 15 is 0 Å². The maximum atomic E-state index is 12.1. The van der Waals surface area contributed by atoms with E-state index in [1.54, 1.807) is 22.9 Å². The van der Waals surface area contributed by atoms with Gasteiger partial charge in [0.1, 0.15) is 0 Å². The average Bonchev–Trinajstić information content (AvgIpc) is 3.35. The standard InChI is InChI=1S/C28H32N2O6/c1-26-12-16-14-29-30(18-5-3-4-15(10-18)24(32)33)21(16)11-17(26)6-7-19-20-8-9-28(36,25(34)35)27(20,2)13-22(31)23(19)26/h3-5,10-11,14,19-20,22-23,31,36H,6-9,12-13H2,1-2H3,(H,32,33)(H,34,35)/t19-,20-,22-,23+,26-,27-,28-/m0/s1. The smallest absolute Gasteiger partial charge is 0.336 e. The number of aromatic carboxylic acids is 1. The number of allylic oxidation sites excluding steroid dienone is 1. The Kier molecular flexibility index (Phi) is 4.90. The SMILES string of the molecule is C[C@]12Cc3cnn(-c4cccc(C(=O)O)c4)c3C=C1CC[C@@H]1[C@@H]2[C@@H](O)C[C@@]2(C)[C@H]1CC[C@]2(O)C(=O)O. The number of nitrogens with zero attached hydrogens (tertiary/aromatic N) is 2. The van der Waals surface area contributed by atoms with Crippen LogP contribution in [0.2, 0.25) is 0 Å². The number of aliphatic hydroxyl groups excluding tert-OH is 1. The summed E-state index contributed by atoms with van der Waals surface area (Å²) in [5.41, 5.74) is 1.20. The molecule has 0 spiro atoms. The third-order valence-electron chi connectivity index (χ3n) is 10.3. The van der Waals surface area contributed by atoms with Crippen molar-refractivity contribution in [1.82, 2.24) is 9.78 Å². The molecule has 1 heterocycles. The molecule has 6 rings (SSSR count). The Morgan fingerprint density at radius 3 is 2.67 bits per heavy atom. The number of carboxylic acids is 2. The van der Waals surface area contributed by atoms with E-state index in [0.717, 1.165) is 24.1 Å². The molecule has 4 aliphatic rings. The maximum Gasteiger partial charge on any atom is 0.336 e. The van der Waals surface area contributed by atoms with Crippen molar-refractivity contribution in [2.75, 3.05) is 0 Å². The quantitative estimate of drug-likeness (QED) is 0.515. The predicted octanol–water partition coefficient (Wildman–Crippen LogP) is 3.54. The van der Waals surface area contributed by atoms with Crippen LogP contribution in [-0.2, 0) is 11.2 Å². The second-order valence-corrected chi connectivity index (χ2v) is 11.8. The summed E-state index contributed by atoms with van der Waals surface area (Å²) in [6.07, 6.45) is 6.84. The first-order valence-electron chi connectivity index (χ1n) is 12.7. The summed E-state index contributed by atoms with van der Waals surface area (Å²) < 4.78 is 1.79. The summed E-state index contributed by atoms with van der Waals surface area (Å²) in [5, 5.41) is 46.6. The van der Waals surface area contributed by atoms with Crippen molar-refractivity contribution >= 4 is 18.0 Å². The van der Waals surface area contributed by atoms with Gasteiger partial charge in [-0.2, -0.15) is 5.10 Å². The van der Waals surface area contributed by atoms with Crippen molar-refractivity contribution in [2.45, 2.75) is 64.1 Å². The predicted molar refractivity (Wildman–Crippen MR) is 131 cm³/mol. The van der Waals surface area contributed by atoms with Crippen LogP contribution < -0.4 is 0 Å². The average molecular weight is 493 g/mol. The minimum absolute atomic E-state index is 0.0291. The van der Waals surface area contributed by atoms with E-state index in [1.165, 1.54) is 5.57 Å². The summed E-state index contributed by atoms with van der Waals surface area (Å²) >= 11 is 0. The van der Waals surface area contributed by atoms with Gasteiger partial charge in [0.25, 0.3) is 0 Å². The molecule has 8 nitrogen and oxygen atoms in total. The van der Waals surface area contributed by atoms with Crippen LogP contribution in [0.3, 0.4) is 0 Å². The molecule has 1 aromatic carbocycles. The Hall–Kier alpha value is -2.97. The van der Waals surface area contributed by atoms with Crippen molar-refractivity contribution in [3.8, 4) is 5.69 Å². The zero-order valence-electron chi connectivity index (χ0n) is 20.5. The monoisotopic (exact) mass is 492 g/mol. The summed E-state index contributed by atoms with van der Waals surface area (Å²) in [6.45, 7) is 4.07. The second kappa shape index (κ2) is 7.52. The lowest BCUT2D eigenvalue weighted by Gasteiger charge is -2.60. The van der Waals surface area contributed by atoms with Crippen molar-refractivity contribution < 1.29 is 30.0 Å². The van der Waals surface area contributed by atoms with E-state index in [2.05, 4.69) is 18.1 Å². The van der Waals surface area contributed by atoms with Crippen LogP contribution in [0.4, 0.5) is 0 Å². The van der Waals surface area contributed by atoms with Gasteiger partial charge in [-0.05, 0) is 91.5 Å². The largest absolute Gasteiger partial charge is 0.479 e. The lowest BCUT2D eigenvalue weighted by atomic mass is 9.45. The molecule has 0 amide bonds. The summed E-state index contributed by atoms with van der Waals surface area (Å²) in [7, 11) is 0. The molecule has 1 aromatic heterocycles. The van der Waals surface area contributed by atoms with Gasteiger partial charge in [0, 0.05) is 5.41 Å². The fourth-order valence-electron chi connectivity index (χ4n) is 8.52. The Bertz CT molecular complexity index is 1310. The first-order valence-corrected chi connectivity index (χ1v) is 12.7. The van der Waals surface area contributed by atoms with E-state index in [4.69, 9.17) is 0 Å². The van der Waals surface area contributed by atoms with Crippen LogP contribution >= 0.6 is 0 Å². The molecule has 3 saturated carbocycles. The number of carboxylic acid groups (broad SMARTS) is 2. The maximum absolute atomic E-state index is 12.1. The molecule has 4 aliphatic carbocycles. The van der Waals surface area contributed by atoms with Crippen molar-refractivity contribution in [3.05, 3.63) is 52.9 Å². The number of aliphatic carboxylic acids is 1. The fourth-order valence-corrected chi connectivity index (χ4v) is 8.52. The van der Waals surface area contributed by atoms with Gasteiger partial charge in [-0.3, -0.25) is 0 Å². The van der Waals surface area contributed by atoms with Crippen molar-refractivity contribution in [3.63, 3.8) is 0 Å². The summed E-state index contributed by atoms with van der Waals surface area (Å²) in [4.78, 5) is 23.5. The van der Waals surface area contributed by atoms with E-state index in [0.29, 0.717) is 18.5 Å². The minimum Gasteiger partial charge on any atom is -0.479 e. The fraction of sp³-hybridized carbons (Fsp3) is 0.536. The summed E-state index contributed by atoms with van der Waals surface area (Å²) in [5.74, 6) is -2.01. The molecule has 8 heteroatoms. The highest BCUT2D eigenvalue weighted by atomic mass is 16.4. The van der Waals surface area contributed by atoms with Crippen LogP contribution in [0.25, 0.3) is 11.8 Å². The van der Waals surface area contributed by atoms with E-state index in [1.807, 2.05) is 19.2 Å². The van der Waals surface area contributed by atoms with Crippen LogP contribution in [0, 0.1) is 28.6 Å². The van der Waals surface area contributed by atoms with E-state index < -0.39 is 29.1 Å². The van der Waals surface area contributed by atoms with Crippen LogP contribution in [0.5, 0.6) is 0 Å². The van der Waals surface area contributed by atoms with Gasteiger partial charge in [-0.15, -0.1) is 0 Å². The third kappa shape index (κ3) is 2.91. The molecule has 190 valence electrons. The zero-order valence-corrected chi connectivity index (χ0v) is 20.5. The molecule has 2 aromatic rings. The van der Waals surface area contributed by atoms with Crippen molar-refractivity contribution in [1.29, 1.82) is 0 Å². The first-order chi connectivity index (χ1) is 17.0. The number of aromatic nitrogens is 2. The second-order valence-electron chi connectivity index (χ2n) is 11.8. The molecule has 0 saturated heterocycles. The Labute approximate surface area is 209 Å². The van der Waals surface area contributed by atoms with Crippen LogP contribution in [0.15, 0.2) is 36.0 Å². The van der Waals surface area contributed by atoms with Gasteiger partial charge < -0.3 is 20.4 Å². The topological polar surface area (TPSA) is 133 Å². The molecule has 4 N–H and O–H groups in total. The lowest BCUT2D eigenvalue weighted by Crippen LogP contribution is -2.61. The van der Waals surface area contributed by atoms with Crippen LogP contribution in [-0.4, -0.2) is 53.9 Å². The number of carbonyl (C=O) groups is 2. The molecule has 3 fully saturated rings. The molecule has 0 bridgehead atoms. The van der Waals surface area contributed by atoms with Gasteiger partial charge >= 0.3 is 11.9 Å². The number of benzene rings is 1. The van der Waals surface area contributed by atoms with Gasteiger partial charge in [0.05, 0.1) is 29.2 Å². The molecule has 7 atom stereocenters. The highest BCUT2D eigenvalue weighted by Crippen LogP contribution is 2.67. The molecule has 0 radical (unpaired) electrons. The van der Waals surface area contributed by atoms with Gasteiger partial charge in [0.2, 0.25) is 0 Å². The highest BCUT2D eigenvalue weighted by Gasteiger charge is 2.68. The van der Waals surface area contributed by atoms with E-state index in [9.17, 15) is 30.0 Å². The molecule has 36 heavy (non-hydrogen) atoms. The normalized spacial score (nSPS) is 38.8. The van der Waals surface area contributed by atoms with Gasteiger partial charge in [-0.1, -0.05) is 25.5 Å². The number of aliphatic hydroxyl groups is 2. The lowest BCUT2D eigenvalue weighted by molar-refractivity contribution is -0.193. The van der Waals surface area contributed by atoms with Gasteiger partial charge in [-0.25, -0.2) is 14.3 Å². The van der Waals surface area contributed by atoms with Gasteiger partial charge in [0.15, 0.2) is 5.60 Å². The Balaban J connectivity index is 1.37. The number of hydrogen-bond acceptors (Lipinski definition) is 5. The third-order valence-corrected chi connectivity index (χ3v) is 10.3. The van der Waals surface area contributed by atoms with Crippen LogP contribution in [0.1, 0.15) is 67.6 Å². The zero-order chi connectivity index (χ0) is 25.6. The Morgan fingerprint density at radius 2 is 1.94 bits per heavy atom. The first kappa shape index (κ1) is 23.4. The highest BCUT2D eigenvalue weighted by molar-refractivity contribution is 5.88.